The molecule has 1 unspecified atom stereocenters. The zero-order chi connectivity index (χ0) is 20.2. The predicted molar refractivity (Wildman–Crippen MR) is 110 cm³/mol. The van der Waals surface area contributed by atoms with E-state index in [2.05, 4.69) is 20.4 Å². The van der Waals surface area contributed by atoms with Crippen molar-refractivity contribution >= 4 is 11.5 Å². The van der Waals surface area contributed by atoms with Gasteiger partial charge in [-0.1, -0.05) is 42.5 Å². The minimum Gasteiger partial charge on any atom is -0.364 e. The summed E-state index contributed by atoms with van der Waals surface area (Å²) in [5.74, 6) is 0.572. The number of anilines is 1. The molecule has 0 aliphatic rings. The first-order valence-electron chi connectivity index (χ1n) is 9.04. The summed E-state index contributed by atoms with van der Waals surface area (Å²) in [7, 11) is 0. The average molecular weight is 386 g/mol. The zero-order valence-electron chi connectivity index (χ0n) is 15.6. The van der Waals surface area contributed by atoms with Crippen LogP contribution in [0.5, 0.6) is 0 Å². The molecule has 0 radical (unpaired) electrons. The highest BCUT2D eigenvalue weighted by Gasteiger charge is 2.18. The smallest absolute Gasteiger partial charge is 0.295 e. The number of aromatic nitrogens is 4. The van der Waals surface area contributed by atoms with Crippen LogP contribution in [0.2, 0.25) is 0 Å². The molecule has 0 aliphatic heterocycles. The molecule has 2 heterocycles. The first-order valence-corrected chi connectivity index (χ1v) is 9.04. The van der Waals surface area contributed by atoms with E-state index in [1.165, 1.54) is 12.4 Å². The van der Waals surface area contributed by atoms with Crippen LogP contribution in [0.15, 0.2) is 79.4 Å². The first kappa shape index (κ1) is 18.3. The van der Waals surface area contributed by atoms with Crippen LogP contribution >= 0.6 is 0 Å². The lowest BCUT2D eigenvalue weighted by molar-refractivity contribution is -0.384. The maximum Gasteiger partial charge on any atom is 0.295 e. The number of rotatable bonds is 6. The summed E-state index contributed by atoms with van der Waals surface area (Å²) >= 11 is 0. The molecule has 4 aromatic rings. The average Bonchev–Trinajstić information content (AvgIpc) is 3.29. The molecule has 2 aromatic carbocycles. The van der Waals surface area contributed by atoms with Crippen molar-refractivity contribution in [1.82, 2.24) is 19.7 Å². The van der Waals surface area contributed by atoms with Crippen molar-refractivity contribution in [2.45, 2.75) is 13.0 Å². The Hall–Kier alpha value is -4.07. The number of nitro groups is 1. The molecule has 8 heteroatoms. The number of pyridine rings is 1. The van der Waals surface area contributed by atoms with Crippen molar-refractivity contribution in [3.05, 3.63) is 95.1 Å². The molecule has 0 aliphatic carbocycles. The highest BCUT2D eigenvalue weighted by molar-refractivity contribution is 5.71. The van der Waals surface area contributed by atoms with Gasteiger partial charge in [-0.25, -0.2) is 14.6 Å². The van der Waals surface area contributed by atoms with Crippen LogP contribution in [-0.2, 0) is 0 Å². The standard InChI is InChI=1S/C21H18N6O2/c1-15(16-7-9-18(10-8-16)26-14-22-13-23-26)24-20-12-11-19(27(28)29)21(25-20)17-5-3-2-4-6-17/h2-15H,1H3,(H,24,25). The van der Waals surface area contributed by atoms with E-state index < -0.39 is 4.92 Å². The van der Waals surface area contributed by atoms with Gasteiger partial charge in [-0.3, -0.25) is 10.1 Å². The van der Waals surface area contributed by atoms with E-state index in [4.69, 9.17) is 0 Å². The first-order chi connectivity index (χ1) is 14.1. The van der Waals surface area contributed by atoms with Crippen LogP contribution in [0.1, 0.15) is 18.5 Å². The third-order valence-corrected chi connectivity index (χ3v) is 4.56. The number of hydrogen-bond donors (Lipinski definition) is 1. The van der Waals surface area contributed by atoms with Crippen LogP contribution in [0.25, 0.3) is 16.9 Å². The lowest BCUT2D eigenvalue weighted by atomic mass is 10.1. The Morgan fingerprint density at radius 1 is 1.03 bits per heavy atom. The van der Waals surface area contributed by atoms with Gasteiger partial charge in [-0.05, 0) is 30.7 Å². The van der Waals surface area contributed by atoms with Crippen LogP contribution in [-0.4, -0.2) is 24.7 Å². The fraction of sp³-hybridized carbons (Fsp3) is 0.0952. The Labute approximate surface area is 167 Å². The Kier molecular flexibility index (Phi) is 4.98. The zero-order valence-corrected chi connectivity index (χ0v) is 15.6. The van der Waals surface area contributed by atoms with Crippen LogP contribution in [0.3, 0.4) is 0 Å². The van der Waals surface area contributed by atoms with Crippen LogP contribution in [0.4, 0.5) is 11.5 Å². The van der Waals surface area contributed by atoms with Gasteiger partial charge in [0.05, 0.1) is 10.6 Å². The van der Waals surface area contributed by atoms with Gasteiger partial charge in [0.2, 0.25) is 0 Å². The molecule has 1 atom stereocenters. The maximum absolute atomic E-state index is 11.4. The number of nitrogens with zero attached hydrogens (tertiary/aromatic N) is 5. The lowest BCUT2D eigenvalue weighted by Crippen LogP contribution is -2.09. The second-order valence-corrected chi connectivity index (χ2v) is 6.48. The van der Waals surface area contributed by atoms with Crippen molar-refractivity contribution in [2.24, 2.45) is 0 Å². The summed E-state index contributed by atoms with van der Waals surface area (Å²) in [4.78, 5) is 19.5. The van der Waals surface area contributed by atoms with Crippen molar-refractivity contribution < 1.29 is 4.92 Å². The second-order valence-electron chi connectivity index (χ2n) is 6.48. The van der Waals surface area contributed by atoms with E-state index in [0.717, 1.165) is 11.3 Å². The topological polar surface area (TPSA) is 98.8 Å². The van der Waals surface area contributed by atoms with Gasteiger partial charge in [0.25, 0.3) is 5.69 Å². The molecular weight excluding hydrogens is 368 g/mol. The summed E-state index contributed by atoms with van der Waals surface area (Å²) in [5, 5.41) is 18.8. The second kappa shape index (κ2) is 7.89. The van der Waals surface area contributed by atoms with Crippen molar-refractivity contribution in [3.8, 4) is 16.9 Å². The summed E-state index contributed by atoms with van der Waals surface area (Å²) in [6, 6.07) is 20.1. The van der Waals surface area contributed by atoms with Crippen molar-refractivity contribution in [2.75, 3.05) is 5.32 Å². The molecule has 0 saturated carbocycles. The van der Waals surface area contributed by atoms with E-state index in [0.29, 0.717) is 17.1 Å². The van der Waals surface area contributed by atoms with Crippen molar-refractivity contribution in [1.29, 1.82) is 0 Å². The van der Waals surface area contributed by atoms with Gasteiger partial charge >= 0.3 is 0 Å². The SMILES string of the molecule is CC(Nc1ccc([N+](=O)[O-])c(-c2ccccc2)n1)c1ccc(-n2cncn2)cc1. The molecule has 0 amide bonds. The van der Waals surface area contributed by atoms with Gasteiger partial charge in [0.15, 0.2) is 5.69 Å². The molecular formula is C21H18N6O2. The van der Waals surface area contributed by atoms with Crippen molar-refractivity contribution in [3.63, 3.8) is 0 Å². The van der Waals surface area contributed by atoms with E-state index >= 15 is 0 Å². The minimum atomic E-state index is -0.411. The summed E-state index contributed by atoms with van der Waals surface area (Å²) < 4.78 is 1.69. The third-order valence-electron chi connectivity index (χ3n) is 4.56. The molecule has 2 aromatic heterocycles. The predicted octanol–water partition coefficient (Wildman–Crippen LogP) is 4.41. The summed E-state index contributed by atoms with van der Waals surface area (Å²) in [6.07, 6.45) is 3.13. The molecule has 0 fully saturated rings. The van der Waals surface area contributed by atoms with Crippen LogP contribution < -0.4 is 5.32 Å². The molecule has 0 saturated heterocycles. The molecule has 0 bridgehead atoms. The highest BCUT2D eigenvalue weighted by atomic mass is 16.6. The summed E-state index contributed by atoms with van der Waals surface area (Å²) in [6.45, 7) is 2.01. The van der Waals surface area contributed by atoms with Gasteiger partial charge in [0, 0.05) is 17.7 Å². The van der Waals surface area contributed by atoms with Crippen LogP contribution in [0, 0.1) is 10.1 Å². The van der Waals surface area contributed by atoms with E-state index in [1.54, 1.807) is 17.1 Å². The Morgan fingerprint density at radius 3 is 2.45 bits per heavy atom. The fourth-order valence-corrected chi connectivity index (χ4v) is 3.05. The molecule has 1 N–H and O–H groups in total. The Bertz CT molecular complexity index is 1110. The number of hydrogen-bond acceptors (Lipinski definition) is 6. The largest absolute Gasteiger partial charge is 0.364 e. The van der Waals surface area contributed by atoms with Gasteiger partial charge in [-0.15, -0.1) is 0 Å². The third kappa shape index (κ3) is 3.96. The molecule has 29 heavy (non-hydrogen) atoms. The molecule has 0 spiro atoms. The monoisotopic (exact) mass is 386 g/mol. The quantitative estimate of drug-likeness (QED) is 0.389. The van der Waals surface area contributed by atoms with Gasteiger partial charge < -0.3 is 5.32 Å². The maximum atomic E-state index is 11.4. The normalized spacial score (nSPS) is 11.8. The minimum absolute atomic E-state index is 0.0217. The van der Waals surface area contributed by atoms with E-state index in [-0.39, 0.29) is 11.7 Å². The number of nitrogens with one attached hydrogen (secondary N) is 1. The fourth-order valence-electron chi connectivity index (χ4n) is 3.05. The van der Waals surface area contributed by atoms with Gasteiger partial charge in [0.1, 0.15) is 18.5 Å². The van der Waals surface area contributed by atoms with E-state index in [9.17, 15) is 10.1 Å². The Morgan fingerprint density at radius 2 is 1.79 bits per heavy atom. The van der Waals surface area contributed by atoms with Gasteiger partial charge in [-0.2, -0.15) is 5.10 Å². The number of benzene rings is 2. The molecule has 144 valence electrons. The van der Waals surface area contributed by atoms with E-state index in [1.807, 2.05) is 61.5 Å². The lowest BCUT2D eigenvalue weighted by Gasteiger charge is -2.16. The summed E-state index contributed by atoms with van der Waals surface area (Å²) in [5.41, 5.74) is 2.99. The molecule has 8 nitrogen and oxygen atoms in total. The Balaban J connectivity index is 1.58. The highest BCUT2D eigenvalue weighted by Crippen LogP contribution is 2.30. The molecule has 4 rings (SSSR count).